The molecule has 3 heteroatoms. The fourth-order valence-corrected chi connectivity index (χ4v) is 3.71. The molecule has 1 fully saturated rings. The first-order valence-electron chi connectivity index (χ1n) is 6.75. The van der Waals surface area contributed by atoms with E-state index in [0.717, 1.165) is 24.4 Å². The second-order valence-electron chi connectivity index (χ2n) is 4.89. The first-order chi connectivity index (χ1) is 8.35. The van der Waals surface area contributed by atoms with Crippen molar-refractivity contribution in [2.45, 2.75) is 57.0 Å². The number of aromatic nitrogens is 1. The predicted molar refractivity (Wildman–Crippen MR) is 76.5 cm³/mol. The van der Waals surface area contributed by atoms with Crippen molar-refractivity contribution < 1.29 is 0 Å². The minimum atomic E-state index is 0.718. The Balaban J connectivity index is 1.86. The molecular formula is C14H24N2S. The number of aryl methyl sites for hydroxylation is 1. The van der Waals surface area contributed by atoms with Crippen molar-refractivity contribution in [1.82, 2.24) is 9.88 Å². The van der Waals surface area contributed by atoms with Crippen molar-refractivity contribution in [3.05, 3.63) is 24.0 Å². The minimum absolute atomic E-state index is 0.718. The van der Waals surface area contributed by atoms with Crippen molar-refractivity contribution in [2.24, 2.45) is 0 Å². The van der Waals surface area contributed by atoms with Gasteiger partial charge in [0.1, 0.15) is 0 Å². The highest BCUT2D eigenvalue weighted by Crippen LogP contribution is 2.28. The van der Waals surface area contributed by atoms with E-state index >= 15 is 0 Å². The lowest BCUT2D eigenvalue weighted by Gasteiger charge is -2.19. The molecule has 0 saturated heterocycles. The topological polar surface area (TPSA) is 17.0 Å². The molecule has 1 aromatic heterocycles. The van der Waals surface area contributed by atoms with Gasteiger partial charge in [-0.25, -0.2) is 0 Å². The number of hydrogen-bond donors (Lipinski definition) is 1. The Labute approximate surface area is 109 Å². The number of thioether (sulfide) groups is 1. The first-order valence-corrected chi connectivity index (χ1v) is 8.04. The van der Waals surface area contributed by atoms with E-state index < -0.39 is 0 Å². The number of nitrogens with one attached hydrogen (secondary N) is 1. The molecule has 2 nitrogen and oxygen atoms in total. The maximum atomic E-state index is 3.74. The minimum Gasteiger partial charge on any atom is -0.350 e. The largest absolute Gasteiger partial charge is 0.350 e. The zero-order valence-electron chi connectivity index (χ0n) is 11.0. The van der Waals surface area contributed by atoms with Crippen LogP contribution in [-0.2, 0) is 13.1 Å². The number of hydrogen-bond acceptors (Lipinski definition) is 2. The van der Waals surface area contributed by atoms with Crippen LogP contribution in [0.5, 0.6) is 0 Å². The molecule has 17 heavy (non-hydrogen) atoms. The molecular weight excluding hydrogens is 228 g/mol. The van der Waals surface area contributed by atoms with Gasteiger partial charge in [-0.2, -0.15) is 11.8 Å². The summed E-state index contributed by atoms with van der Waals surface area (Å²) in [5.74, 6) is 0. The zero-order chi connectivity index (χ0) is 12.1. The van der Waals surface area contributed by atoms with Crippen LogP contribution in [0.4, 0.5) is 0 Å². The second kappa shape index (κ2) is 6.50. The Kier molecular flexibility index (Phi) is 4.99. The Morgan fingerprint density at radius 2 is 2.35 bits per heavy atom. The standard InChI is InChI=1S/C14H24N2S/c1-3-9-16-10-5-6-12(16)11-15-13-7-4-8-14(13)17-2/h5-6,10,13-15H,3-4,7-9,11H2,1-2H3. The third kappa shape index (κ3) is 3.29. The van der Waals surface area contributed by atoms with Gasteiger partial charge in [-0.3, -0.25) is 0 Å². The molecule has 96 valence electrons. The molecule has 0 bridgehead atoms. The van der Waals surface area contributed by atoms with E-state index in [1.807, 2.05) is 11.8 Å². The monoisotopic (exact) mass is 252 g/mol. The fourth-order valence-electron chi connectivity index (χ4n) is 2.75. The lowest BCUT2D eigenvalue weighted by Crippen LogP contribution is -2.34. The smallest absolute Gasteiger partial charge is 0.0362 e. The summed E-state index contributed by atoms with van der Waals surface area (Å²) < 4.78 is 2.37. The van der Waals surface area contributed by atoms with Gasteiger partial charge in [-0.05, 0) is 37.7 Å². The Hall–Kier alpha value is -0.410. The van der Waals surface area contributed by atoms with Crippen molar-refractivity contribution >= 4 is 11.8 Å². The van der Waals surface area contributed by atoms with Crippen LogP contribution < -0.4 is 5.32 Å². The molecule has 1 aliphatic carbocycles. The second-order valence-corrected chi connectivity index (χ2v) is 5.96. The molecule has 2 unspecified atom stereocenters. The molecule has 0 radical (unpaired) electrons. The van der Waals surface area contributed by atoms with Crippen molar-refractivity contribution in [3.8, 4) is 0 Å². The van der Waals surface area contributed by atoms with E-state index in [-0.39, 0.29) is 0 Å². The Morgan fingerprint density at radius 3 is 3.12 bits per heavy atom. The maximum absolute atomic E-state index is 3.74. The summed E-state index contributed by atoms with van der Waals surface area (Å²) in [7, 11) is 0. The fraction of sp³-hybridized carbons (Fsp3) is 0.714. The van der Waals surface area contributed by atoms with Gasteiger partial charge in [0.05, 0.1) is 0 Å². The van der Waals surface area contributed by atoms with Crippen molar-refractivity contribution in [1.29, 1.82) is 0 Å². The SMILES string of the molecule is CCCn1cccc1CNC1CCCC1SC. The third-order valence-corrected chi connectivity index (χ3v) is 4.86. The van der Waals surface area contributed by atoms with E-state index in [1.54, 1.807) is 0 Å². The molecule has 1 heterocycles. The molecule has 1 aromatic rings. The molecule has 0 spiro atoms. The molecule has 0 aliphatic heterocycles. The Morgan fingerprint density at radius 1 is 1.47 bits per heavy atom. The van der Waals surface area contributed by atoms with Gasteiger partial charge in [0, 0.05) is 36.3 Å². The van der Waals surface area contributed by atoms with Crippen LogP contribution in [0.2, 0.25) is 0 Å². The van der Waals surface area contributed by atoms with Crippen LogP contribution in [0.3, 0.4) is 0 Å². The summed E-state index contributed by atoms with van der Waals surface area (Å²) in [6.07, 6.45) is 9.76. The molecule has 1 N–H and O–H groups in total. The quantitative estimate of drug-likeness (QED) is 0.837. The summed E-state index contributed by atoms with van der Waals surface area (Å²) in [5.41, 5.74) is 1.43. The van der Waals surface area contributed by atoms with Crippen LogP contribution in [0, 0.1) is 0 Å². The van der Waals surface area contributed by atoms with Gasteiger partial charge < -0.3 is 9.88 Å². The Bertz CT molecular complexity index is 335. The molecule has 1 saturated carbocycles. The maximum Gasteiger partial charge on any atom is 0.0362 e. The molecule has 0 amide bonds. The summed E-state index contributed by atoms with van der Waals surface area (Å²) >= 11 is 2.02. The molecule has 2 atom stereocenters. The zero-order valence-corrected chi connectivity index (χ0v) is 11.8. The highest BCUT2D eigenvalue weighted by Gasteiger charge is 2.25. The van der Waals surface area contributed by atoms with Crippen LogP contribution in [-0.4, -0.2) is 22.1 Å². The highest BCUT2D eigenvalue weighted by atomic mass is 32.2. The van der Waals surface area contributed by atoms with Crippen LogP contribution in [0.1, 0.15) is 38.3 Å². The van der Waals surface area contributed by atoms with Crippen molar-refractivity contribution in [2.75, 3.05) is 6.26 Å². The summed E-state index contributed by atoms with van der Waals surface area (Å²) in [6, 6.07) is 5.12. The molecule has 0 aromatic carbocycles. The van der Waals surface area contributed by atoms with Gasteiger partial charge in [-0.1, -0.05) is 13.3 Å². The highest BCUT2D eigenvalue weighted by molar-refractivity contribution is 7.99. The first kappa shape index (κ1) is 13.0. The van der Waals surface area contributed by atoms with Gasteiger partial charge in [0.2, 0.25) is 0 Å². The average molecular weight is 252 g/mol. The normalized spacial score (nSPS) is 24.4. The predicted octanol–water partition coefficient (Wildman–Crippen LogP) is 3.27. The van der Waals surface area contributed by atoms with Gasteiger partial charge in [0.25, 0.3) is 0 Å². The van der Waals surface area contributed by atoms with Gasteiger partial charge in [0.15, 0.2) is 0 Å². The van der Waals surface area contributed by atoms with E-state index in [1.165, 1.54) is 31.4 Å². The van der Waals surface area contributed by atoms with E-state index in [0.29, 0.717) is 0 Å². The molecule has 2 rings (SSSR count). The van der Waals surface area contributed by atoms with E-state index in [2.05, 4.69) is 41.4 Å². The lowest BCUT2D eigenvalue weighted by atomic mass is 10.2. The lowest BCUT2D eigenvalue weighted by molar-refractivity contribution is 0.511. The van der Waals surface area contributed by atoms with E-state index in [4.69, 9.17) is 0 Å². The summed E-state index contributed by atoms with van der Waals surface area (Å²) in [4.78, 5) is 0. The number of rotatable bonds is 6. The van der Waals surface area contributed by atoms with Crippen molar-refractivity contribution in [3.63, 3.8) is 0 Å². The van der Waals surface area contributed by atoms with Crippen LogP contribution >= 0.6 is 11.8 Å². The third-order valence-electron chi connectivity index (χ3n) is 3.69. The molecule has 1 aliphatic rings. The summed E-state index contributed by atoms with van der Waals surface area (Å²) in [5, 5.41) is 4.57. The van der Waals surface area contributed by atoms with E-state index in [9.17, 15) is 0 Å². The van der Waals surface area contributed by atoms with Crippen LogP contribution in [0.15, 0.2) is 18.3 Å². The van der Waals surface area contributed by atoms with Gasteiger partial charge >= 0.3 is 0 Å². The average Bonchev–Trinajstić information content (AvgIpc) is 2.95. The van der Waals surface area contributed by atoms with Crippen LogP contribution in [0.25, 0.3) is 0 Å². The summed E-state index contributed by atoms with van der Waals surface area (Å²) in [6.45, 7) is 4.40. The number of nitrogens with zero attached hydrogens (tertiary/aromatic N) is 1. The van der Waals surface area contributed by atoms with Gasteiger partial charge in [-0.15, -0.1) is 0 Å².